The molecule has 25 heavy (non-hydrogen) atoms. The Hall–Kier alpha value is -1.99. The molecule has 1 aliphatic heterocycles. The summed E-state index contributed by atoms with van der Waals surface area (Å²) in [5.74, 6) is -0.416. The van der Waals surface area contributed by atoms with Gasteiger partial charge in [0.2, 0.25) is 0 Å². The van der Waals surface area contributed by atoms with E-state index in [4.69, 9.17) is 14.2 Å². The van der Waals surface area contributed by atoms with Crippen molar-refractivity contribution in [1.82, 2.24) is 5.32 Å². The van der Waals surface area contributed by atoms with Gasteiger partial charge in [0.1, 0.15) is 18.1 Å². The van der Waals surface area contributed by atoms with Gasteiger partial charge in [0, 0.05) is 18.2 Å². The highest BCUT2D eigenvalue weighted by Gasteiger charge is 2.40. The molecule has 0 aliphatic carbocycles. The second-order valence-electron chi connectivity index (χ2n) is 5.65. The Labute approximate surface area is 151 Å². The molecule has 0 radical (unpaired) electrons. The number of carbonyl (C=O) groups is 2. The molecule has 2 rings (SSSR count). The van der Waals surface area contributed by atoms with Crippen LogP contribution in [-0.4, -0.2) is 42.4 Å². The van der Waals surface area contributed by atoms with Gasteiger partial charge in [-0.3, -0.25) is 4.79 Å². The molecular weight excluding hydrogens is 342 g/mol. The molecule has 4 atom stereocenters. The molecule has 1 aliphatic rings. The Morgan fingerprint density at radius 3 is 2.76 bits per heavy atom. The third-order valence-corrected chi connectivity index (χ3v) is 4.73. The van der Waals surface area contributed by atoms with Crippen molar-refractivity contribution >= 4 is 23.8 Å². The largest absolute Gasteiger partial charge is 0.458 e. The van der Waals surface area contributed by atoms with Crippen molar-refractivity contribution in [1.29, 1.82) is 0 Å². The molecule has 0 spiro atoms. The lowest BCUT2D eigenvalue weighted by Gasteiger charge is -2.39. The molecule has 6 nitrogen and oxygen atoms in total. The molecular formula is C18H23NO5S. The Balaban J connectivity index is 2.06. The first kappa shape index (κ1) is 19.3. The van der Waals surface area contributed by atoms with Crippen molar-refractivity contribution in [3.8, 4) is 0 Å². The molecule has 1 fully saturated rings. The Morgan fingerprint density at radius 1 is 1.40 bits per heavy atom. The third-order valence-electron chi connectivity index (χ3n) is 3.62. The molecule has 0 aromatic heterocycles. The lowest BCUT2D eigenvalue weighted by atomic mass is 10.0. The van der Waals surface area contributed by atoms with E-state index >= 15 is 0 Å². The highest BCUT2D eigenvalue weighted by Crippen LogP contribution is 2.33. The smallest absolute Gasteiger partial charge is 0.407 e. The number of nitrogens with one attached hydrogen (secondary N) is 1. The molecule has 1 aromatic carbocycles. The third kappa shape index (κ3) is 6.10. The lowest BCUT2D eigenvalue weighted by Crippen LogP contribution is -2.55. The predicted octanol–water partition coefficient (Wildman–Crippen LogP) is 3.13. The van der Waals surface area contributed by atoms with Gasteiger partial charge in [-0.05, 0) is 19.1 Å². The fourth-order valence-corrected chi connectivity index (χ4v) is 3.76. The van der Waals surface area contributed by atoms with Gasteiger partial charge >= 0.3 is 12.1 Å². The Kier molecular flexibility index (Phi) is 7.33. The number of carbonyl (C=O) groups excluding carboxylic acids is 2. The van der Waals surface area contributed by atoms with E-state index < -0.39 is 24.2 Å². The molecule has 1 saturated heterocycles. The normalized spacial score (nSPS) is 25.7. The van der Waals surface area contributed by atoms with Crippen LogP contribution in [0.3, 0.4) is 0 Å². The zero-order valence-electron chi connectivity index (χ0n) is 14.3. The van der Waals surface area contributed by atoms with Crippen LogP contribution in [0.25, 0.3) is 0 Å². The highest BCUT2D eigenvalue weighted by molar-refractivity contribution is 7.99. The molecule has 1 aromatic rings. The topological polar surface area (TPSA) is 73.9 Å². The number of esters is 1. The molecule has 0 bridgehead atoms. The van der Waals surface area contributed by atoms with E-state index in [1.807, 2.05) is 37.3 Å². The van der Waals surface area contributed by atoms with E-state index in [0.717, 1.165) is 4.90 Å². The van der Waals surface area contributed by atoms with Gasteiger partial charge in [-0.2, -0.15) is 0 Å². The number of hydrogen-bond donors (Lipinski definition) is 1. The van der Waals surface area contributed by atoms with Crippen LogP contribution >= 0.6 is 11.8 Å². The number of thioether (sulfide) groups is 1. The molecule has 136 valence electrons. The van der Waals surface area contributed by atoms with Crippen LogP contribution in [-0.2, 0) is 19.0 Å². The molecule has 1 N–H and O–H groups in total. The van der Waals surface area contributed by atoms with E-state index in [1.54, 1.807) is 11.8 Å². The summed E-state index contributed by atoms with van der Waals surface area (Å²) in [6.07, 6.45) is 0.485. The summed E-state index contributed by atoms with van der Waals surface area (Å²) in [4.78, 5) is 24.4. The fraction of sp³-hybridized carbons (Fsp3) is 0.444. The first-order valence-electron chi connectivity index (χ1n) is 8.08. The highest BCUT2D eigenvalue weighted by atomic mass is 32.2. The molecule has 0 saturated carbocycles. The van der Waals surface area contributed by atoms with Crippen molar-refractivity contribution in [3.63, 3.8) is 0 Å². The number of hydrogen-bond acceptors (Lipinski definition) is 6. The minimum Gasteiger partial charge on any atom is -0.458 e. The van der Waals surface area contributed by atoms with E-state index in [-0.39, 0.29) is 18.1 Å². The second-order valence-corrected chi connectivity index (χ2v) is 6.88. The second kappa shape index (κ2) is 9.48. The van der Waals surface area contributed by atoms with Crippen molar-refractivity contribution in [2.75, 3.05) is 6.61 Å². The average molecular weight is 365 g/mol. The number of alkyl carbamates (subject to hydrolysis) is 1. The van der Waals surface area contributed by atoms with Gasteiger partial charge in [0.05, 0.1) is 12.1 Å². The number of ether oxygens (including phenoxy) is 3. The van der Waals surface area contributed by atoms with Gasteiger partial charge in [0.15, 0.2) is 0 Å². The predicted molar refractivity (Wildman–Crippen MR) is 95.3 cm³/mol. The maximum atomic E-state index is 11.9. The van der Waals surface area contributed by atoms with Crippen LogP contribution in [0.2, 0.25) is 0 Å². The van der Waals surface area contributed by atoms with Crippen molar-refractivity contribution in [2.45, 2.75) is 48.8 Å². The van der Waals surface area contributed by atoms with E-state index in [9.17, 15) is 9.59 Å². The van der Waals surface area contributed by atoms with Gasteiger partial charge in [-0.1, -0.05) is 42.6 Å². The summed E-state index contributed by atoms with van der Waals surface area (Å²) in [7, 11) is 0. The summed E-state index contributed by atoms with van der Waals surface area (Å²) >= 11 is 1.57. The molecule has 7 heteroatoms. The summed E-state index contributed by atoms with van der Waals surface area (Å²) in [5, 5.41) is 2.78. The quantitative estimate of drug-likeness (QED) is 0.617. The minimum atomic E-state index is -0.570. The molecule has 1 heterocycles. The zero-order chi connectivity index (χ0) is 18.2. The standard InChI is InChI=1S/C18H23NO5S/c1-4-10-22-18(21)19-15-11-16(25-14-8-6-5-7-9-14)23-12(2)17(15)24-13(3)20/h4-9,12,15-17H,1,10-11H2,2-3H3,(H,19,21)/t12-,15-,16?,17+/m0/s1. The minimum absolute atomic E-state index is 0.116. The summed E-state index contributed by atoms with van der Waals surface area (Å²) in [5.41, 5.74) is -0.172. The van der Waals surface area contributed by atoms with Gasteiger partial charge in [0.25, 0.3) is 0 Å². The van der Waals surface area contributed by atoms with E-state index in [1.165, 1.54) is 13.0 Å². The monoisotopic (exact) mass is 365 g/mol. The van der Waals surface area contributed by atoms with Crippen LogP contribution in [0.5, 0.6) is 0 Å². The van der Waals surface area contributed by atoms with Gasteiger partial charge < -0.3 is 19.5 Å². The van der Waals surface area contributed by atoms with E-state index in [2.05, 4.69) is 11.9 Å². The summed E-state index contributed by atoms with van der Waals surface area (Å²) < 4.78 is 16.3. The van der Waals surface area contributed by atoms with Crippen LogP contribution in [0.4, 0.5) is 4.79 Å². The zero-order valence-corrected chi connectivity index (χ0v) is 15.2. The molecule has 1 amide bonds. The summed E-state index contributed by atoms with van der Waals surface area (Å²) in [6, 6.07) is 9.46. The average Bonchev–Trinajstić information content (AvgIpc) is 2.57. The van der Waals surface area contributed by atoms with Crippen LogP contribution in [0.15, 0.2) is 47.9 Å². The maximum absolute atomic E-state index is 11.9. The maximum Gasteiger partial charge on any atom is 0.407 e. The van der Waals surface area contributed by atoms with Crippen molar-refractivity contribution < 1.29 is 23.8 Å². The lowest BCUT2D eigenvalue weighted by molar-refractivity contribution is -0.165. The fourth-order valence-electron chi connectivity index (χ4n) is 2.61. The van der Waals surface area contributed by atoms with Crippen molar-refractivity contribution in [2.24, 2.45) is 0 Å². The van der Waals surface area contributed by atoms with Gasteiger partial charge in [-0.15, -0.1) is 0 Å². The van der Waals surface area contributed by atoms with Gasteiger partial charge in [-0.25, -0.2) is 4.79 Å². The van der Waals surface area contributed by atoms with Crippen LogP contribution < -0.4 is 5.32 Å². The van der Waals surface area contributed by atoms with Crippen molar-refractivity contribution in [3.05, 3.63) is 43.0 Å². The Morgan fingerprint density at radius 2 is 2.12 bits per heavy atom. The first-order valence-corrected chi connectivity index (χ1v) is 8.96. The number of benzene rings is 1. The Bertz CT molecular complexity index is 594. The van der Waals surface area contributed by atoms with E-state index in [0.29, 0.717) is 6.42 Å². The number of rotatable bonds is 6. The summed E-state index contributed by atoms with van der Waals surface area (Å²) in [6.45, 7) is 6.79. The number of amides is 1. The van der Waals surface area contributed by atoms with Crippen LogP contribution in [0, 0.1) is 0 Å². The van der Waals surface area contributed by atoms with Crippen LogP contribution in [0.1, 0.15) is 20.3 Å². The first-order chi connectivity index (χ1) is 12.0. The SMILES string of the molecule is C=CCOC(=O)N[C@H]1CC(Sc2ccccc2)O[C@@H](C)[C@H]1OC(C)=O. The molecule has 1 unspecified atom stereocenters.